The largest absolute Gasteiger partial charge is 0.309 e. The van der Waals surface area contributed by atoms with Crippen molar-refractivity contribution in [2.24, 2.45) is 0 Å². The molecule has 0 saturated carbocycles. The van der Waals surface area contributed by atoms with Crippen molar-refractivity contribution in [2.45, 2.75) is 5.03 Å². The van der Waals surface area contributed by atoms with E-state index < -0.39 is 0 Å². The summed E-state index contributed by atoms with van der Waals surface area (Å²) in [6.07, 6.45) is 2.95. The Bertz CT molecular complexity index is 1150. The first-order valence-corrected chi connectivity index (χ1v) is 10.8. The maximum atomic E-state index is 12.3. The topological polar surface area (TPSA) is 67.8 Å². The molecule has 140 valence electrons. The summed E-state index contributed by atoms with van der Waals surface area (Å²) in [6.45, 7) is 0. The third-order valence-corrected chi connectivity index (χ3v) is 6.20. The van der Waals surface area contributed by atoms with Gasteiger partial charge in [0, 0.05) is 17.1 Å². The van der Waals surface area contributed by atoms with Gasteiger partial charge in [0.15, 0.2) is 5.82 Å². The Morgan fingerprint density at radius 3 is 2.75 bits per heavy atom. The fraction of sp³-hybridized carbons (Fsp3) is 0.0526. The van der Waals surface area contributed by atoms with Gasteiger partial charge in [-0.3, -0.25) is 4.79 Å². The van der Waals surface area contributed by atoms with Crippen molar-refractivity contribution in [3.8, 4) is 11.1 Å². The van der Waals surface area contributed by atoms with E-state index in [0.29, 0.717) is 10.0 Å². The van der Waals surface area contributed by atoms with E-state index in [2.05, 4.69) is 25.6 Å². The van der Waals surface area contributed by atoms with E-state index in [0.717, 1.165) is 26.4 Å². The minimum Gasteiger partial charge on any atom is -0.309 e. The quantitative estimate of drug-likeness (QED) is 0.310. The Morgan fingerprint density at radius 2 is 1.96 bits per heavy atom. The number of carbonyl (C=O) groups is 1. The van der Waals surface area contributed by atoms with Crippen molar-refractivity contribution in [1.82, 2.24) is 15.0 Å². The number of hydrogen-bond donors (Lipinski definition) is 1. The summed E-state index contributed by atoms with van der Waals surface area (Å²) in [6, 6.07) is 11.6. The number of amides is 1. The van der Waals surface area contributed by atoms with Gasteiger partial charge in [-0.1, -0.05) is 65.3 Å². The lowest BCUT2D eigenvalue weighted by atomic mass is 10.1. The van der Waals surface area contributed by atoms with E-state index in [4.69, 9.17) is 23.2 Å². The van der Waals surface area contributed by atoms with Gasteiger partial charge in [0.1, 0.15) is 16.2 Å². The molecule has 1 amide bonds. The van der Waals surface area contributed by atoms with Crippen LogP contribution >= 0.6 is 46.3 Å². The van der Waals surface area contributed by atoms with Gasteiger partial charge in [0.2, 0.25) is 5.91 Å². The number of thiophene rings is 1. The summed E-state index contributed by atoms with van der Waals surface area (Å²) in [4.78, 5) is 26.0. The second-order valence-corrected chi connectivity index (χ2v) is 8.36. The number of aromatic nitrogens is 3. The van der Waals surface area contributed by atoms with Crippen molar-refractivity contribution in [1.29, 1.82) is 0 Å². The molecule has 4 aromatic rings. The minimum absolute atomic E-state index is 0.164. The van der Waals surface area contributed by atoms with Crippen molar-refractivity contribution >= 4 is 68.2 Å². The molecule has 1 aromatic carbocycles. The molecule has 0 aliphatic heterocycles. The number of halogens is 2. The van der Waals surface area contributed by atoms with Crippen LogP contribution in [0.25, 0.3) is 21.3 Å². The van der Waals surface area contributed by atoms with Gasteiger partial charge in [-0.05, 0) is 11.6 Å². The summed E-state index contributed by atoms with van der Waals surface area (Å²) in [7, 11) is 0. The number of benzene rings is 1. The average molecular weight is 447 g/mol. The number of pyridine rings is 1. The zero-order valence-electron chi connectivity index (χ0n) is 14.2. The summed E-state index contributed by atoms with van der Waals surface area (Å²) in [5.74, 6) is 0.214. The predicted octanol–water partition coefficient (Wildman–Crippen LogP) is 5.79. The van der Waals surface area contributed by atoms with Crippen LogP contribution in [0.3, 0.4) is 0 Å². The lowest BCUT2D eigenvalue weighted by Gasteiger charge is -2.07. The standard InChI is InChI=1S/C19H12Cl2N4OS2/c20-12-6-14(21)17(22-7-12)25-15(26)9-28-19-16-13(11-4-2-1-3-5-11)8-27-18(16)23-10-24-19/h1-8,10H,9H2,(H,22,25,26). The predicted molar refractivity (Wildman–Crippen MR) is 116 cm³/mol. The number of carbonyl (C=O) groups excluding carboxylic acids is 1. The summed E-state index contributed by atoms with van der Waals surface area (Å²) < 4.78 is 0. The van der Waals surface area contributed by atoms with Gasteiger partial charge in [0.05, 0.1) is 21.2 Å². The average Bonchev–Trinajstić information content (AvgIpc) is 3.14. The number of fused-ring (bicyclic) bond motifs is 1. The van der Waals surface area contributed by atoms with Crippen LogP contribution in [0.5, 0.6) is 0 Å². The van der Waals surface area contributed by atoms with E-state index in [9.17, 15) is 4.79 Å². The Labute approximate surface area is 179 Å². The minimum atomic E-state index is -0.232. The summed E-state index contributed by atoms with van der Waals surface area (Å²) in [5.41, 5.74) is 2.15. The molecule has 0 saturated heterocycles. The van der Waals surface area contributed by atoms with Crippen LogP contribution < -0.4 is 5.32 Å². The number of nitrogens with one attached hydrogen (secondary N) is 1. The van der Waals surface area contributed by atoms with Crippen molar-refractivity contribution in [2.75, 3.05) is 11.1 Å². The van der Waals surface area contributed by atoms with Crippen LogP contribution in [0.1, 0.15) is 0 Å². The molecular formula is C19H12Cl2N4OS2. The molecule has 1 N–H and O–H groups in total. The van der Waals surface area contributed by atoms with Crippen LogP contribution in [-0.4, -0.2) is 26.6 Å². The molecule has 3 aromatic heterocycles. The summed E-state index contributed by atoms with van der Waals surface area (Å²) in [5, 5.41) is 7.18. The molecule has 0 bridgehead atoms. The molecule has 0 unspecified atom stereocenters. The number of anilines is 1. The van der Waals surface area contributed by atoms with E-state index in [1.807, 2.05) is 30.3 Å². The lowest BCUT2D eigenvalue weighted by Crippen LogP contribution is -2.15. The molecule has 9 heteroatoms. The Balaban J connectivity index is 1.55. The Hall–Kier alpha value is -2.19. The molecule has 0 aliphatic rings. The van der Waals surface area contributed by atoms with Gasteiger partial charge in [-0.2, -0.15) is 0 Å². The van der Waals surface area contributed by atoms with Crippen LogP contribution in [0, 0.1) is 0 Å². The number of nitrogens with zero attached hydrogens (tertiary/aromatic N) is 3. The van der Waals surface area contributed by atoms with E-state index in [-0.39, 0.29) is 17.5 Å². The smallest absolute Gasteiger partial charge is 0.235 e. The highest BCUT2D eigenvalue weighted by molar-refractivity contribution is 8.00. The molecule has 0 fully saturated rings. The molecule has 0 radical (unpaired) electrons. The van der Waals surface area contributed by atoms with E-state index >= 15 is 0 Å². The van der Waals surface area contributed by atoms with Gasteiger partial charge in [-0.15, -0.1) is 11.3 Å². The highest BCUT2D eigenvalue weighted by atomic mass is 35.5. The normalized spacial score (nSPS) is 10.9. The summed E-state index contributed by atoms with van der Waals surface area (Å²) >= 11 is 14.8. The first-order valence-electron chi connectivity index (χ1n) is 8.13. The highest BCUT2D eigenvalue weighted by Crippen LogP contribution is 2.37. The lowest BCUT2D eigenvalue weighted by molar-refractivity contribution is -0.113. The van der Waals surface area contributed by atoms with E-state index in [1.54, 1.807) is 11.3 Å². The highest BCUT2D eigenvalue weighted by Gasteiger charge is 2.15. The molecule has 0 spiro atoms. The van der Waals surface area contributed by atoms with Crippen molar-refractivity contribution < 1.29 is 4.79 Å². The Kier molecular flexibility index (Phi) is 5.77. The van der Waals surface area contributed by atoms with Gasteiger partial charge in [-0.25, -0.2) is 15.0 Å². The molecule has 3 heterocycles. The fourth-order valence-corrected chi connectivity index (χ4v) is 4.82. The third kappa shape index (κ3) is 4.12. The molecule has 4 rings (SSSR count). The van der Waals surface area contributed by atoms with Crippen molar-refractivity contribution in [3.05, 3.63) is 64.3 Å². The number of hydrogen-bond acceptors (Lipinski definition) is 6. The fourth-order valence-electron chi connectivity index (χ4n) is 2.60. The van der Waals surface area contributed by atoms with Crippen LogP contribution in [-0.2, 0) is 4.79 Å². The monoisotopic (exact) mass is 446 g/mol. The maximum Gasteiger partial charge on any atom is 0.235 e. The van der Waals surface area contributed by atoms with Crippen LogP contribution in [0.4, 0.5) is 5.82 Å². The molecule has 0 aliphatic carbocycles. The van der Waals surface area contributed by atoms with E-state index in [1.165, 1.54) is 30.4 Å². The second kappa shape index (κ2) is 8.45. The Morgan fingerprint density at radius 1 is 1.14 bits per heavy atom. The van der Waals surface area contributed by atoms with Crippen LogP contribution in [0.15, 0.2) is 59.3 Å². The van der Waals surface area contributed by atoms with Crippen LogP contribution in [0.2, 0.25) is 10.0 Å². The first-order chi connectivity index (χ1) is 13.6. The molecule has 5 nitrogen and oxygen atoms in total. The van der Waals surface area contributed by atoms with Gasteiger partial charge >= 0.3 is 0 Å². The zero-order valence-corrected chi connectivity index (χ0v) is 17.4. The number of rotatable bonds is 5. The van der Waals surface area contributed by atoms with Crippen molar-refractivity contribution in [3.63, 3.8) is 0 Å². The first kappa shape index (κ1) is 19.1. The SMILES string of the molecule is O=C(CSc1ncnc2scc(-c3ccccc3)c12)Nc1ncc(Cl)cc1Cl. The molecule has 28 heavy (non-hydrogen) atoms. The molecule has 0 atom stereocenters. The second-order valence-electron chi connectivity index (χ2n) is 5.70. The zero-order chi connectivity index (χ0) is 19.5. The third-order valence-electron chi connectivity index (χ3n) is 3.83. The van der Waals surface area contributed by atoms with Gasteiger partial charge in [0.25, 0.3) is 0 Å². The number of thioether (sulfide) groups is 1. The van der Waals surface area contributed by atoms with Gasteiger partial charge < -0.3 is 5.32 Å². The maximum absolute atomic E-state index is 12.3. The molecular weight excluding hydrogens is 435 g/mol.